The molecule has 0 aliphatic rings. The molecule has 0 saturated heterocycles. The summed E-state index contributed by atoms with van der Waals surface area (Å²) in [5, 5.41) is 0. The van der Waals surface area contributed by atoms with E-state index in [1.165, 1.54) is 0 Å². The van der Waals surface area contributed by atoms with Crippen molar-refractivity contribution in [2.75, 3.05) is 0 Å². The van der Waals surface area contributed by atoms with Gasteiger partial charge in [0.25, 0.3) is 0 Å². The number of aromatic nitrogens is 6. The van der Waals surface area contributed by atoms with Gasteiger partial charge in [-0.2, -0.15) is 0 Å². The molecule has 0 aromatic carbocycles. The molecule has 6 aromatic rings. The van der Waals surface area contributed by atoms with Gasteiger partial charge in [0.1, 0.15) is 0 Å². The van der Waals surface area contributed by atoms with Crippen molar-refractivity contribution in [3.63, 3.8) is 0 Å². The summed E-state index contributed by atoms with van der Waals surface area (Å²) < 4.78 is 6.32. The van der Waals surface area contributed by atoms with Gasteiger partial charge in [-0.3, -0.25) is 0 Å². The van der Waals surface area contributed by atoms with E-state index in [9.17, 15) is 0 Å². The van der Waals surface area contributed by atoms with Crippen molar-refractivity contribution in [1.82, 2.24) is 28.7 Å². The molecule has 32 heavy (non-hydrogen) atoms. The number of hydrogen-bond acceptors (Lipinski definition) is 4. The molecular weight excluding hydrogens is 530 g/mol. The maximum absolute atomic E-state index is 5.08. The molecule has 6 rings (SSSR count). The van der Waals surface area contributed by atoms with Crippen LogP contribution in [-0.2, 0) is 0 Å². The Morgan fingerprint density at radius 1 is 0.594 bits per heavy atom. The summed E-state index contributed by atoms with van der Waals surface area (Å²) in [5.74, 6) is 1.68. The van der Waals surface area contributed by atoms with Crippen molar-refractivity contribution < 1.29 is 0 Å². The summed E-state index contributed by atoms with van der Waals surface area (Å²) in [5.41, 5.74) is 3.85. The van der Waals surface area contributed by atoms with Crippen molar-refractivity contribution in [3.05, 3.63) is 97.6 Å². The van der Waals surface area contributed by atoms with Crippen LogP contribution < -0.4 is 9.18 Å². The molecule has 6 aromatic heterocycles. The first kappa shape index (κ1) is 19.4. The van der Waals surface area contributed by atoms with Crippen molar-refractivity contribution in [1.29, 1.82) is 0 Å². The van der Waals surface area contributed by atoms with E-state index in [-0.39, 0.29) is 0 Å². The van der Waals surface area contributed by atoms with E-state index in [2.05, 4.69) is 44.6 Å². The summed E-state index contributed by atoms with van der Waals surface area (Å²) in [6.07, 6.45) is 7.68. The molecule has 0 saturated carbocycles. The molecule has 0 amide bonds. The van der Waals surface area contributed by atoms with Crippen LogP contribution >= 0.6 is 0 Å². The zero-order valence-corrected chi connectivity index (χ0v) is 20.2. The zero-order chi connectivity index (χ0) is 21.5. The maximum atomic E-state index is 5.08. The van der Waals surface area contributed by atoms with E-state index in [0.29, 0.717) is 0 Å². The summed E-state index contributed by atoms with van der Waals surface area (Å²) in [7, 11) is 0. The van der Waals surface area contributed by atoms with Crippen LogP contribution in [0.3, 0.4) is 0 Å². The molecule has 0 atom stereocenters. The Morgan fingerprint density at radius 3 is 1.50 bits per heavy atom. The minimum atomic E-state index is -1.70. The first-order valence-corrected chi connectivity index (χ1v) is 16.0. The molecule has 154 valence electrons. The average Bonchev–Trinajstić information content (AvgIpc) is 3.44. The molecule has 0 fully saturated rings. The normalized spacial score (nSPS) is 11.5. The third-order valence-corrected chi connectivity index (χ3v) is 11.3. The van der Waals surface area contributed by atoms with E-state index < -0.39 is 11.5 Å². The second kappa shape index (κ2) is 8.01. The molecule has 0 aliphatic carbocycles. The number of nitrogens with zero attached hydrogens (tertiary/aromatic N) is 6. The average molecular weight is 546 g/mol. The Labute approximate surface area is 194 Å². The molecule has 0 spiro atoms. The molecule has 0 N–H and O–H groups in total. The second-order valence-electron chi connectivity index (χ2n) is 7.09. The van der Waals surface area contributed by atoms with E-state index >= 15 is 0 Å². The van der Waals surface area contributed by atoms with Crippen LogP contribution in [0.2, 0.25) is 0 Å². The Balaban J connectivity index is 1.57. The molecule has 6 heterocycles. The Hall–Kier alpha value is -3.28. The number of rotatable bonds is 4. The van der Waals surface area contributed by atoms with Crippen LogP contribution in [0.5, 0.6) is 0 Å². The van der Waals surface area contributed by atoms with Gasteiger partial charge in [0, 0.05) is 0 Å². The molecule has 0 bridgehead atoms. The van der Waals surface area contributed by atoms with Gasteiger partial charge in [-0.1, -0.05) is 0 Å². The Bertz CT molecular complexity index is 1470. The van der Waals surface area contributed by atoms with Gasteiger partial charge in [-0.25, -0.2) is 0 Å². The molecule has 0 radical (unpaired) electrons. The van der Waals surface area contributed by atoms with Gasteiger partial charge >= 0.3 is 195 Å². The predicted octanol–water partition coefficient (Wildman–Crippen LogP) is 2.38. The molecular formula is C24H16N6Se2. The van der Waals surface area contributed by atoms with Crippen molar-refractivity contribution in [2.45, 2.75) is 0 Å². The first-order chi connectivity index (χ1) is 15.8. The zero-order valence-electron chi connectivity index (χ0n) is 16.7. The van der Waals surface area contributed by atoms with Crippen molar-refractivity contribution in [2.24, 2.45) is 0 Å². The van der Waals surface area contributed by atoms with Crippen LogP contribution in [0.15, 0.2) is 97.6 Å². The summed E-state index contributed by atoms with van der Waals surface area (Å²) >= 11 is 1.76. The topological polar surface area (TPSA) is 60.4 Å². The van der Waals surface area contributed by atoms with Crippen LogP contribution in [-0.4, -0.2) is 53.9 Å². The van der Waals surface area contributed by atoms with E-state index in [4.69, 9.17) is 9.97 Å². The third kappa shape index (κ3) is 3.17. The quantitative estimate of drug-likeness (QED) is 0.319. The van der Waals surface area contributed by atoms with E-state index in [1.807, 2.05) is 73.1 Å². The predicted molar refractivity (Wildman–Crippen MR) is 128 cm³/mol. The summed E-state index contributed by atoms with van der Waals surface area (Å²) in [6.45, 7) is 0. The van der Waals surface area contributed by atoms with Crippen molar-refractivity contribution in [3.8, 4) is 23.0 Å². The van der Waals surface area contributed by atoms with Crippen molar-refractivity contribution >= 4 is 45.4 Å². The van der Waals surface area contributed by atoms with Gasteiger partial charge in [0.15, 0.2) is 0 Å². The van der Waals surface area contributed by atoms with Crippen LogP contribution in [0.1, 0.15) is 0 Å². The van der Waals surface area contributed by atoms with Gasteiger partial charge in [0.05, 0.1) is 0 Å². The van der Waals surface area contributed by atoms with Crippen LogP contribution in [0.4, 0.5) is 0 Å². The second-order valence-corrected chi connectivity index (χ2v) is 13.5. The standard InChI is InChI=1S/C24H16N6Se2/c31-32(23-19-11-3-7-15-29(19)21(27-23)17-9-1-5-13-25-17)24-20-12-4-8-16-30(20)22(28-24)18-10-2-6-14-26-18/h1-16H. The summed E-state index contributed by atoms with van der Waals surface area (Å²) in [4.78, 5) is 19.2. The SMILES string of the molecule is [Se]=[Se](c1nc(-c2ccccn2)n2ccccc12)c1nc(-c2ccccn2)n2ccccc12. The minimum absolute atomic E-state index is 0.841. The third-order valence-electron chi connectivity index (χ3n) is 5.17. The fraction of sp³-hybridized carbons (Fsp3) is 0. The molecule has 0 unspecified atom stereocenters. The van der Waals surface area contributed by atoms with Gasteiger partial charge in [-0.15, -0.1) is 0 Å². The van der Waals surface area contributed by atoms with E-state index in [1.54, 1.807) is 12.4 Å². The monoisotopic (exact) mass is 548 g/mol. The fourth-order valence-corrected chi connectivity index (χ4v) is 9.00. The number of pyridine rings is 4. The van der Waals surface area contributed by atoms with Crippen LogP contribution in [0.25, 0.3) is 34.1 Å². The van der Waals surface area contributed by atoms with Crippen LogP contribution in [0, 0.1) is 0 Å². The first-order valence-electron chi connectivity index (χ1n) is 10.00. The fourth-order valence-electron chi connectivity index (χ4n) is 3.73. The molecule has 8 heteroatoms. The number of imidazole rings is 2. The van der Waals surface area contributed by atoms with Gasteiger partial charge in [0.2, 0.25) is 0 Å². The van der Waals surface area contributed by atoms with Gasteiger partial charge < -0.3 is 0 Å². The Kier molecular flexibility index (Phi) is 4.86. The molecule has 6 nitrogen and oxygen atoms in total. The number of hydrogen-bond donors (Lipinski definition) is 0. The van der Waals surface area contributed by atoms with Gasteiger partial charge in [-0.05, 0) is 0 Å². The van der Waals surface area contributed by atoms with E-state index in [0.717, 1.165) is 43.3 Å². The molecule has 0 aliphatic heterocycles. The number of fused-ring (bicyclic) bond motifs is 2. The Morgan fingerprint density at radius 2 is 1.06 bits per heavy atom. The summed E-state index contributed by atoms with van der Waals surface area (Å²) in [6, 6.07) is 24.1.